The van der Waals surface area contributed by atoms with Crippen molar-refractivity contribution in [1.82, 2.24) is 24.9 Å². The van der Waals surface area contributed by atoms with Crippen LogP contribution in [-0.4, -0.2) is 57.1 Å². The summed E-state index contributed by atoms with van der Waals surface area (Å²) in [6, 6.07) is 3.57. The molecule has 3 heterocycles. The lowest BCUT2D eigenvalue weighted by atomic mass is 10.2. The van der Waals surface area contributed by atoms with Crippen molar-refractivity contribution < 1.29 is 9.53 Å². The SMILES string of the molecule is Cc1ccc(-n2ncc(C(=O)N3CCOCC3)c2N)nn1. The maximum atomic E-state index is 12.4. The van der Waals surface area contributed by atoms with Crippen LogP contribution in [-0.2, 0) is 4.74 Å². The van der Waals surface area contributed by atoms with Crippen LogP contribution in [0.25, 0.3) is 5.82 Å². The van der Waals surface area contributed by atoms with E-state index in [0.717, 1.165) is 5.69 Å². The first-order valence-electron chi connectivity index (χ1n) is 6.68. The second kappa shape index (κ2) is 5.49. The minimum absolute atomic E-state index is 0.137. The van der Waals surface area contributed by atoms with Gasteiger partial charge < -0.3 is 15.4 Å². The number of carbonyl (C=O) groups is 1. The van der Waals surface area contributed by atoms with Crippen LogP contribution >= 0.6 is 0 Å². The predicted molar refractivity (Wildman–Crippen MR) is 75.0 cm³/mol. The second-order valence-electron chi connectivity index (χ2n) is 4.79. The highest BCUT2D eigenvalue weighted by atomic mass is 16.5. The summed E-state index contributed by atoms with van der Waals surface area (Å²) in [6.07, 6.45) is 1.47. The Labute approximate surface area is 121 Å². The molecule has 0 saturated carbocycles. The summed E-state index contributed by atoms with van der Waals surface area (Å²) in [7, 11) is 0. The van der Waals surface area contributed by atoms with Gasteiger partial charge in [0, 0.05) is 13.1 Å². The Bertz CT molecular complexity index is 645. The van der Waals surface area contributed by atoms with Gasteiger partial charge in [0.1, 0.15) is 11.4 Å². The Morgan fingerprint density at radius 2 is 2.05 bits per heavy atom. The van der Waals surface area contributed by atoms with E-state index in [1.165, 1.54) is 10.9 Å². The van der Waals surface area contributed by atoms with E-state index in [9.17, 15) is 4.79 Å². The first-order chi connectivity index (χ1) is 10.2. The van der Waals surface area contributed by atoms with Crippen LogP contribution in [0.2, 0.25) is 0 Å². The Morgan fingerprint density at radius 1 is 1.29 bits per heavy atom. The van der Waals surface area contributed by atoms with Gasteiger partial charge in [-0.05, 0) is 19.1 Å². The highest BCUT2D eigenvalue weighted by Crippen LogP contribution is 2.17. The zero-order valence-corrected chi connectivity index (χ0v) is 11.7. The van der Waals surface area contributed by atoms with Crippen molar-refractivity contribution in [1.29, 1.82) is 0 Å². The maximum absolute atomic E-state index is 12.4. The number of nitrogen functional groups attached to an aromatic ring is 1. The van der Waals surface area contributed by atoms with Gasteiger partial charge in [-0.2, -0.15) is 14.9 Å². The van der Waals surface area contributed by atoms with Gasteiger partial charge in [-0.1, -0.05) is 0 Å². The van der Waals surface area contributed by atoms with Crippen LogP contribution in [0.4, 0.5) is 5.82 Å². The summed E-state index contributed by atoms with van der Waals surface area (Å²) in [5.74, 6) is 0.617. The highest BCUT2D eigenvalue weighted by molar-refractivity contribution is 5.98. The molecule has 1 saturated heterocycles. The summed E-state index contributed by atoms with van der Waals surface area (Å²) in [6.45, 7) is 4.06. The van der Waals surface area contributed by atoms with Crippen molar-refractivity contribution in [2.75, 3.05) is 32.0 Å². The molecule has 0 unspecified atom stereocenters. The molecule has 0 atom stereocenters. The summed E-state index contributed by atoms with van der Waals surface area (Å²) in [4.78, 5) is 14.1. The number of rotatable bonds is 2. The van der Waals surface area contributed by atoms with Crippen molar-refractivity contribution in [3.8, 4) is 5.82 Å². The molecule has 0 aromatic carbocycles. The molecule has 2 N–H and O–H groups in total. The van der Waals surface area contributed by atoms with Crippen molar-refractivity contribution in [3.63, 3.8) is 0 Å². The molecule has 1 aliphatic heterocycles. The van der Waals surface area contributed by atoms with Gasteiger partial charge in [0.15, 0.2) is 5.82 Å². The van der Waals surface area contributed by atoms with Gasteiger partial charge in [0.2, 0.25) is 0 Å². The molecule has 0 aliphatic carbocycles. The number of anilines is 1. The fraction of sp³-hybridized carbons (Fsp3) is 0.385. The van der Waals surface area contributed by atoms with Crippen LogP contribution < -0.4 is 5.73 Å². The minimum atomic E-state index is -0.137. The smallest absolute Gasteiger partial charge is 0.259 e. The summed E-state index contributed by atoms with van der Waals surface area (Å²) in [5, 5.41) is 12.1. The molecular weight excluding hydrogens is 272 g/mol. The zero-order chi connectivity index (χ0) is 14.8. The second-order valence-corrected chi connectivity index (χ2v) is 4.79. The summed E-state index contributed by atoms with van der Waals surface area (Å²) >= 11 is 0. The number of ether oxygens (including phenoxy) is 1. The molecule has 1 fully saturated rings. The van der Waals surface area contributed by atoms with Crippen molar-refractivity contribution in [3.05, 3.63) is 29.6 Å². The lowest BCUT2D eigenvalue weighted by Gasteiger charge is -2.26. The van der Waals surface area contributed by atoms with Crippen LogP contribution in [0.5, 0.6) is 0 Å². The Kier molecular flexibility index (Phi) is 3.53. The third-order valence-corrected chi connectivity index (χ3v) is 3.34. The average Bonchev–Trinajstić information content (AvgIpc) is 2.90. The van der Waals surface area contributed by atoms with E-state index in [0.29, 0.717) is 37.7 Å². The first kappa shape index (κ1) is 13.5. The molecule has 3 rings (SSSR count). The van der Waals surface area contributed by atoms with Gasteiger partial charge >= 0.3 is 0 Å². The van der Waals surface area contributed by atoms with Gasteiger partial charge in [0.05, 0.1) is 25.1 Å². The van der Waals surface area contributed by atoms with Gasteiger partial charge in [-0.15, -0.1) is 5.10 Å². The number of morpholine rings is 1. The maximum Gasteiger partial charge on any atom is 0.259 e. The topological polar surface area (TPSA) is 99.2 Å². The number of amides is 1. The Balaban J connectivity index is 1.88. The van der Waals surface area contributed by atoms with Gasteiger partial charge in [-0.3, -0.25) is 4.79 Å². The van der Waals surface area contributed by atoms with Crippen molar-refractivity contribution in [2.45, 2.75) is 6.92 Å². The van der Waals surface area contributed by atoms with E-state index in [-0.39, 0.29) is 11.7 Å². The highest BCUT2D eigenvalue weighted by Gasteiger charge is 2.23. The molecule has 0 bridgehead atoms. The molecule has 1 aliphatic rings. The summed E-state index contributed by atoms with van der Waals surface area (Å²) in [5.41, 5.74) is 7.21. The number of nitrogens with zero attached hydrogens (tertiary/aromatic N) is 5. The van der Waals surface area contributed by atoms with E-state index in [2.05, 4.69) is 15.3 Å². The van der Waals surface area contributed by atoms with Gasteiger partial charge in [0.25, 0.3) is 5.91 Å². The number of nitrogens with two attached hydrogens (primary N) is 1. The van der Waals surface area contributed by atoms with Crippen molar-refractivity contribution in [2.24, 2.45) is 0 Å². The lowest BCUT2D eigenvalue weighted by molar-refractivity contribution is 0.0303. The quantitative estimate of drug-likeness (QED) is 0.836. The van der Waals surface area contributed by atoms with E-state index < -0.39 is 0 Å². The average molecular weight is 288 g/mol. The largest absolute Gasteiger partial charge is 0.383 e. The molecule has 0 spiro atoms. The van der Waals surface area contributed by atoms with E-state index >= 15 is 0 Å². The first-order valence-corrected chi connectivity index (χ1v) is 6.68. The van der Waals surface area contributed by atoms with E-state index in [4.69, 9.17) is 10.5 Å². The monoisotopic (exact) mass is 288 g/mol. The zero-order valence-electron chi connectivity index (χ0n) is 11.7. The molecular formula is C13H16N6O2. The number of hydrogen-bond acceptors (Lipinski definition) is 6. The summed E-state index contributed by atoms with van der Waals surface area (Å²) < 4.78 is 6.65. The van der Waals surface area contributed by atoms with E-state index in [1.807, 2.05) is 13.0 Å². The minimum Gasteiger partial charge on any atom is -0.383 e. The number of aromatic nitrogens is 4. The standard InChI is InChI=1S/C13H16N6O2/c1-9-2-3-11(17-16-9)19-12(14)10(8-15-19)13(20)18-4-6-21-7-5-18/h2-3,8H,4-7,14H2,1H3. The molecule has 2 aromatic heterocycles. The molecule has 110 valence electrons. The Morgan fingerprint density at radius 3 is 2.71 bits per heavy atom. The van der Waals surface area contributed by atoms with Crippen LogP contribution in [0.3, 0.4) is 0 Å². The molecule has 2 aromatic rings. The number of hydrogen-bond donors (Lipinski definition) is 1. The van der Waals surface area contributed by atoms with E-state index in [1.54, 1.807) is 11.0 Å². The lowest BCUT2D eigenvalue weighted by Crippen LogP contribution is -2.40. The normalized spacial score (nSPS) is 15.2. The fourth-order valence-electron chi connectivity index (χ4n) is 2.15. The molecule has 0 radical (unpaired) electrons. The molecule has 21 heavy (non-hydrogen) atoms. The third kappa shape index (κ3) is 2.57. The Hall–Kier alpha value is -2.48. The number of aryl methyl sites for hydroxylation is 1. The predicted octanol–water partition coefficient (Wildman–Crippen LogP) is 0.0253. The van der Waals surface area contributed by atoms with Gasteiger partial charge in [-0.25, -0.2) is 0 Å². The molecule has 1 amide bonds. The van der Waals surface area contributed by atoms with Crippen molar-refractivity contribution >= 4 is 11.7 Å². The fourth-order valence-corrected chi connectivity index (χ4v) is 2.15. The number of carbonyl (C=O) groups excluding carboxylic acids is 1. The van der Waals surface area contributed by atoms with Crippen LogP contribution in [0, 0.1) is 6.92 Å². The van der Waals surface area contributed by atoms with Crippen LogP contribution in [0.1, 0.15) is 16.1 Å². The molecule has 8 heteroatoms. The third-order valence-electron chi connectivity index (χ3n) is 3.34. The molecule has 8 nitrogen and oxygen atoms in total. The van der Waals surface area contributed by atoms with Crippen LogP contribution in [0.15, 0.2) is 18.3 Å².